The van der Waals surface area contributed by atoms with Gasteiger partial charge in [0.2, 0.25) is 14.1 Å². The monoisotopic (exact) mass is 730 g/mol. The third-order valence-corrected chi connectivity index (χ3v) is 22.4. The molecule has 1 fully saturated rings. The average Bonchev–Trinajstić information content (AvgIpc) is 3.64. The molecule has 1 saturated carbocycles. The van der Waals surface area contributed by atoms with Crippen molar-refractivity contribution in [2.45, 2.75) is 128 Å². The number of halogens is 1. The van der Waals surface area contributed by atoms with Crippen LogP contribution in [0.4, 0.5) is 5.82 Å². The Morgan fingerprint density at radius 1 is 1.10 bits per heavy atom. The van der Waals surface area contributed by atoms with Crippen LogP contribution < -0.4 is 5.32 Å². The third kappa shape index (κ3) is 8.47. The summed E-state index contributed by atoms with van der Waals surface area (Å²) in [6.07, 6.45) is 3.77. The van der Waals surface area contributed by atoms with Gasteiger partial charge in [0, 0.05) is 24.8 Å². The second-order valence-electron chi connectivity index (χ2n) is 15.8. The summed E-state index contributed by atoms with van der Waals surface area (Å²) >= 11 is 7.31. The molecule has 8 nitrogen and oxygen atoms in total. The molecule has 1 unspecified atom stereocenters. The summed E-state index contributed by atoms with van der Waals surface area (Å²) in [5.41, 5.74) is 2.83. The molecule has 3 heterocycles. The van der Waals surface area contributed by atoms with Gasteiger partial charge in [-0.2, -0.15) is 0 Å². The zero-order valence-electron chi connectivity index (χ0n) is 30.5. The molecule has 1 aliphatic rings. The first-order valence-electron chi connectivity index (χ1n) is 17.2. The predicted molar refractivity (Wildman–Crippen MR) is 202 cm³/mol. The molecule has 4 atom stereocenters. The molecule has 4 rings (SSSR count). The molecule has 264 valence electrons. The summed E-state index contributed by atoms with van der Waals surface area (Å²) in [7, 11) is -4.13. The summed E-state index contributed by atoms with van der Waals surface area (Å²) < 4.78 is 14.2. The number of carbonyl (C=O) groups excluding carboxylic acids is 1. The fourth-order valence-electron chi connectivity index (χ4n) is 7.02. The first-order valence-corrected chi connectivity index (χ1v) is 23.5. The summed E-state index contributed by atoms with van der Waals surface area (Å²) in [5.74, 6) is 0.536. The zero-order chi connectivity index (χ0) is 35.6. The van der Waals surface area contributed by atoms with E-state index in [9.17, 15) is 9.90 Å². The topological polar surface area (TPSA) is 106 Å². The lowest BCUT2D eigenvalue weighted by molar-refractivity contribution is 0.0971. The number of aromatic nitrogens is 3. The Kier molecular flexibility index (Phi) is 12.5. The van der Waals surface area contributed by atoms with Crippen molar-refractivity contribution >= 4 is 51.2 Å². The van der Waals surface area contributed by atoms with E-state index < -0.39 is 22.7 Å². The van der Waals surface area contributed by atoms with Gasteiger partial charge in [0.1, 0.15) is 23.4 Å². The molecule has 3 aromatic heterocycles. The van der Waals surface area contributed by atoms with Gasteiger partial charge in [-0.05, 0) is 76.7 Å². The van der Waals surface area contributed by atoms with Gasteiger partial charge >= 0.3 is 0 Å². The van der Waals surface area contributed by atoms with Gasteiger partial charge in [-0.1, -0.05) is 80.0 Å². The number of nitrogens with one attached hydrogen (secondary N) is 1. The van der Waals surface area contributed by atoms with Crippen molar-refractivity contribution in [3.8, 4) is 0 Å². The van der Waals surface area contributed by atoms with Gasteiger partial charge in [0.25, 0.3) is 0 Å². The molecule has 0 amide bonds. The van der Waals surface area contributed by atoms with Crippen LogP contribution in [0.3, 0.4) is 0 Å². The second kappa shape index (κ2) is 15.5. The van der Waals surface area contributed by atoms with Crippen molar-refractivity contribution in [1.82, 2.24) is 15.0 Å². The van der Waals surface area contributed by atoms with E-state index in [0.717, 1.165) is 12.8 Å². The minimum atomic E-state index is -2.16. The van der Waals surface area contributed by atoms with E-state index in [0.29, 0.717) is 55.9 Å². The maximum atomic E-state index is 13.9. The number of nitrogens with zero attached hydrogens (tertiary/aromatic N) is 3. The van der Waals surface area contributed by atoms with Gasteiger partial charge in [-0.25, -0.2) is 15.0 Å². The van der Waals surface area contributed by atoms with Crippen LogP contribution in [-0.2, 0) is 8.85 Å². The Morgan fingerprint density at radius 2 is 1.77 bits per heavy atom. The number of carbonyl (C=O) groups is 1. The minimum absolute atomic E-state index is 0.0496. The molecule has 0 radical (unpaired) electrons. The molecular weight excluding hydrogens is 676 g/mol. The van der Waals surface area contributed by atoms with Gasteiger partial charge in [0.05, 0.1) is 22.2 Å². The fraction of sp³-hybridized carbons (Fsp3) is 0.611. The van der Waals surface area contributed by atoms with E-state index in [1.807, 2.05) is 0 Å². The Bertz CT molecular complexity index is 1520. The van der Waals surface area contributed by atoms with Crippen LogP contribution >= 0.6 is 22.9 Å². The molecule has 12 heteroatoms. The quantitative estimate of drug-likeness (QED) is 0.0960. The van der Waals surface area contributed by atoms with E-state index in [1.165, 1.54) is 17.7 Å². The van der Waals surface area contributed by atoms with Crippen LogP contribution in [0.1, 0.15) is 108 Å². The second-order valence-corrected chi connectivity index (χ2v) is 27.3. The number of hydrogen-bond donors (Lipinski definition) is 2. The van der Waals surface area contributed by atoms with Crippen molar-refractivity contribution < 1.29 is 18.8 Å². The molecule has 0 aromatic carbocycles. The van der Waals surface area contributed by atoms with Gasteiger partial charge in [0.15, 0.2) is 8.32 Å². The smallest absolute Gasteiger partial charge is 0.208 e. The van der Waals surface area contributed by atoms with Crippen LogP contribution in [0.5, 0.6) is 0 Å². The van der Waals surface area contributed by atoms with E-state index >= 15 is 0 Å². The molecular formula is C36H55ClN4O4SSi2. The number of pyridine rings is 1. The number of aliphatic hydroxyl groups is 1. The molecule has 3 aromatic rings. The van der Waals surface area contributed by atoms with Crippen molar-refractivity contribution in [3.05, 3.63) is 69.0 Å². The molecule has 0 bridgehead atoms. The lowest BCUT2D eigenvalue weighted by Gasteiger charge is -2.45. The molecule has 1 aliphatic carbocycles. The first kappa shape index (κ1) is 38.8. The Balaban J connectivity index is 1.58. The van der Waals surface area contributed by atoms with Crippen LogP contribution in [-0.4, -0.2) is 61.2 Å². The molecule has 48 heavy (non-hydrogen) atoms. The summed E-state index contributed by atoms with van der Waals surface area (Å²) in [5, 5.41) is 16.7. The maximum Gasteiger partial charge on any atom is 0.208 e. The number of rotatable bonds is 14. The van der Waals surface area contributed by atoms with E-state index in [2.05, 4.69) is 95.7 Å². The number of aliphatic hydroxyl groups excluding tert-OH is 1. The number of anilines is 1. The standard InChI is InChI=1S/C36H55ClN4O4SSi2/c1-22(2)48(23(3)4,24(5)6)45-30-17-27(15-25(30)19-44-47(10,11)36(7,8)9)40-35-28(18-38-21-39-35)34(43)31-16-26(20-46-31)33(42)29-13-12-14-32(37)41-29/h12-14,16,18,20-25,27,30,33,42H,15,17,19H2,1-11H3,(H,38,39,40)/t25-,27-,30+,33?/m1/s1. The Morgan fingerprint density at radius 3 is 2.38 bits per heavy atom. The van der Waals surface area contributed by atoms with Crippen LogP contribution in [0, 0.1) is 5.92 Å². The highest BCUT2D eigenvalue weighted by Gasteiger charge is 2.50. The zero-order valence-corrected chi connectivity index (χ0v) is 34.1. The highest BCUT2D eigenvalue weighted by molar-refractivity contribution is 7.12. The lowest BCUT2D eigenvalue weighted by atomic mass is 10.1. The third-order valence-electron chi connectivity index (χ3n) is 10.6. The highest BCUT2D eigenvalue weighted by atomic mass is 35.5. The summed E-state index contributed by atoms with van der Waals surface area (Å²) in [6, 6.07) is 6.87. The van der Waals surface area contributed by atoms with E-state index in [1.54, 1.807) is 35.8 Å². The van der Waals surface area contributed by atoms with Crippen molar-refractivity contribution in [3.63, 3.8) is 0 Å². The SMILES string of the molecule is CC(C)[Si](O[C@H]1C[C@H](Nc2ncncc2C(=O)c2cc(C(O)c3cccc(Cl)n3)cs2)C[C@@H]1CO[Si](C)(C)C(C)(C)C)(C(C)C)C(C)C. The minimum Gasteiger partial charge on any atom is -0.416 e. The van der Waals surface area contributed by atoms with E-state index in [4.69, 9.17) is 20.5 Å². The van der Waals surface area contributed by atoms with E-state index in [-0.39, 0.29) is 28.9 Å². The number of thiophene rings is 1. The number of ketones is 1. The lowest BCUT2D eigenvalue weighted by Crippen LogP contribution is -2.51. The molecule has 2 N–H and O–H groups in total. The molecule has 0 aliphatic heterocycles. The van der Waals surface area contributed by atoms with Gasteiger partial charge in [-0.15, -0.1) is 11.3 Å². The highest BCUT2D eigenvalue weighted by Crippen LogP contribution is 2.47. The summed E-state index contributed by atoms with van der Waals surface area (Å²) in [4.78, 5) is 27.3. The molecule has 0 saturated heterocycles. The normalized spacial score (nSPS) is 19.8. The van der Waals surface area contributed by atoms with Crippen molar-refractivity contribution in [2.24, 2.45) is 5.92 Å². The molecule has 0 spiro atoms. The largest absolute Gasteiger partial charge is 0.416 e. The number of hydrogen-bond acceptors (Lipinski definition) is 9. The van der Waals surface area contributed by atoms with Crippen LogP contribution in [0.15, 0.2) is 42.2 Å². The van der Waals surface area contributed by atoms with Gasteiger partial charge in [-0.3, -0.25) is 4.79 Å². The van der Waals surface area contributed by atoms with Crippen LogP contribution in [0.25, 0.3) is 0 Å². The van der Waals surface area contributed by atoms with Crippen LogP contribution in [0.2, 0.25) is 39.9 Å². The van der Waals surface area contributed by atoms with Crippen molar-refractivity contribution in [2.75, 3.05) is 11.9 Å². The summed E-state index contributed by atoms with van der Waals surface area (Å²) in [6.45, 7) is 26.1. The predicted octanol–water partition coefficient (Wildman–Crippen LogP) is 9.67. The first-order chi connectivity index (χ1) is 22.4. The van der Waals surface area contributed by atoms with Gasteiger partial charge < -0.3 is 19.3 Å². The Hall–Kier alpha value is -2.00. The maximum absolute atomic E-state index is 13.9. The fourth-order valence-corrected chi connectivity index (χ4v) is 14.8. The van der Waals surface area contributed by atoms with Crippen molar-refractivity contribution in [1.29, 1.82) is 0 Å². The Labute approximate surface area is 298 Å². The average molecular weight is 732 g/mol.